The van der Waals surface area contributed by atoms with Crippen LogP contribution in [0, 0.1) is 0 Å². The van der Waals surface area contributed by atoms with Gasteiger partial charge in [-0.15, -0.1) is 0 Å². The van der Waals surface area contributed by atoms with Crippen molar-refractivity contribution in [3.8, 4) is 0 Å². The van der Waals surface area contributed by atoms with Gasteiger partial charge >= 0.3 is 0 Å². The molecular formula is C11H17NO2S. The van der Waals surface area contributed by atoms with Crippen LogP contribution in [0.15, 0.2) is 24.3 Å². The Morgan fingerprint density at radius 3 is 2.27 bits per heavy atom. The molecule has 3 nitrogen and oxygen atoms in total. The van der Waals surface area contributed by atoms with Gasteiger partial charge in [-0.05, 0) is 11.1 Å². The molecule has 2 rings (SSSR count). The minimum atomic E-state index is -3.04. The van der Waals surface area contributed by atoms with Crippen molar-refractivity contribution in [1.82, 2.24) is 4.31 Å². The van der Waals surface area contributed by atoms with Crippen LogP contribution >= 0.6 is 0 Å². The van der Waals surface area contributed by atoms with Gasteiger partial charge in [-0.1, -0.05) is 38.1 Å². The van der Waals surface area contributed by atoms with Crippen LogP contribution < -0.4 is 0 Å². The van der Waals surface area contributed by atoms with Crippen molar-refractivity contribution in [2.24, 2.45) is 0 Å². The third kappa shape index (κ3) is 2.58. The summed E-state index contributed by atoms with van der Waals surface area (Å²) in [7, 11) is -1.43. The zero-order valence-electron chi connectivity index (χ0n) is 9.40. The second kappa shape index (κ2) is 4.77. The largest absolute Gasteiger partial charge is 0.218 e. The molecule has 1 aromatic rings. The number of fused-ring (bicyclic) bond motifs is 1. The Morgan fingerprint density at radius 2 is 1.67 bits per heavy atom. The molecule has 0 spiro atoms. The molecule has 0 atom stereocenters. The molecule has 0 fully saturated rings. The SMILES string of the molecule is CC.CN1Cc2ccccc2CS1(=O)=O. The van der Waals surface area contributed by atoms with E-state index in [4.69, 9.17) is 0 Å². The van der Waals surface area contributed by atoms with Crippen LogP contribution in [0.4, 0.5) is 0 Å². The van der Waals surface area contributed by atoms with Gasteiger partial charge in [0.15, 0.2) is 0 Å². The van der Waals surface area contributed by atoms with Crippen LogP contribution in [-0.4, -0.2) is 19.8 Å². The summed E-state index contributed by atoms with van der Waals surface area (Å²) in [6.45, 7) is 4.50. The smallest absolute Gasteiger partial charge is 0.212 e. The quantitative estimate of drug-likeness (QED) is 0.679. The zero-order chi connectivity index (χ0) is 11.5. The lowest BCUT2D eigenvalue weighted by Gasteiger charge is -2.24. The summed E-state index contributed by atoms with van der Waals surface area (Å²) in [6, 6.07) is 7.66. The molecule has 4 heteroatoms. The minimum Gasteiger partial charge on any atom is -0.212 e. The molecule has 1 aliphatic rings. The molecule has 1 heterocycles. The third-order valence-electron chi connectivity index (χ3n) is 2.32. The fraction of sp³-hybridized carbons (Fsp3) is 0.455. The maximum absolute atomic E-state index is 11.5. The van der Waals surface area contributed by atoms with Gasteiger partial charge in [-0.2, -0.15) is 0 Å². The second-order valence-corrected chi connectivity index (χ2v) is 5.36. The van der Waals surface area contributed by atoms with Crippen molar-refractivity contribution in [1.29, 1.82) is 0 Å². The summed E-state index contributed by atoms with van der Waals surface area (Å²) in [5.74, 6) is 0.139. The number of rotatable bonds is 0. The first-order valence-corrected chi connectivity index (χ1v) is 6.71. The average Bonchev–Trinajstić information content (AvgIpc) is 2.22. The zero-order valence-corrected chi connectivity index (χ0v) is 10.2. The molecule has 0 N–H and O–H groups in total. The molecule has 0 aromatic heterocycles. The van der Waals surface area contributed by atoms with E-state index in [2.05, 4.69) is 0 Å². The molecule has 84 valence electrons. The van der Waals surface area contributed by atoms with E-state index < -0.39 is 10.0 Å². The van der Waals surface area contributed by atoms with Crippen LogP contribution in [-0.2, 0) is 22.3 Å². The summed E-state index contributed by atoms with van der Waals surface area (Å²) in [4.78, 5) is 0. The molecule has 0 saturated heterocycles. The lowest BCUT2D eigenvalue weighted by Crippen LogP contribution is -2.32. The Bertz CT molecular complexity index is 426. The molecule has 0 unspecified atom stereocenters. The van der Waals surface area contributed by atoms with E-state index in [-0.39, 0.29) is 5.75 Å². The molecule has 1 aromatic carbocycles. The summed E-state index contributed by atoms with van der Waals surface area (Å²) < 4.78 is 24.3. The van der Waals surface area contributed by atoms with Gasteiger partial charge in [-0.3, -0.25) is 0 Å². The van der Waals surface area contributed by atoms with Crippen molar-refractivity contribution in [3.63, 3.8) is 0 Å². The highest BCUT2D eigenvalue weighted by atomic mass is 32.2. The number of sulfonamides is 1. The van der Waals surface area contributed by atoms with Crippen LogP contribution in [0.2, 0.25) is 0 Å². The number of benzene rings is 1. The maximum atomic E-state index is 11.5. The highest BCUT2D eigenvalue weighted by molar-refractivity contribution is 7.88. The van der Waals surface area contributed by atoms with Gasteiger partial charge in [0.1, 0.15) is 0 Å². The highest BCUT2D eigenvalue weighted by Crippen LogP contribution is 2.22. The third-order valence-corrected chi connectivity index (χ3v) is 4.08. The van der Waals surface area contributed by atoms with Crippen molar-refractivity contribution in [2.45, 2.75) is 26.1 Å². The molecule has 0 radical (unpaired) electrons. The summed E-state index contributed by atoms with van der Waals surface area (Å²) >= 11 is 0. The van der Waals surface area contributed by atoms with E-state index in [1.807, 2.05) is 38.1 Å². The van der Waals surface area contributed by atoms with Gasteiger partial charge in [0.05, 0.1) is 5.75 Å². The van der Waals surface area contributed by atoms with Crippen molar-refractivity contribution < 1.29 is 8.42 Å². The lowest BCUT2D eigenvalue weighted by molar-refractivity contribution is 0.455. The Labute approximate surface area is 91.8 Å². The summed E-state index contributed by atoms with van der Waals surface area (Å²) in [5, 5.41) is 0. The molecule has 1 aliphatic heterocycles. The molecule has 15 heavy (non-hydrogen) atoms. The second-order valence-electron chi connectivity index (χ2n) is 3.28. The monoisotopic (exact) mass is 227 g/mol. The van der Waals surface area contributed by atoms with Crippen molar-refractivity contribution in [3.05, 3.63) is 35.4 Å². The van der Waals surface area contributed by atoms with E-state index in [0.29, 0.717) is 6.54 Å². The average molecular weight is 227 g/mol. The topological polar surface area (TPSA) is 37.4 Å². The first kappa shape index (κ1) is 12.2. The number of hydrogen-bond donors (Lipinski definition) is 0. The molecular weight excluding hydrogens is 210 g/mol. The van der Waals surface area contributed by atoms with Gasteiger partial charge in [0.25, 0.3) is 0 Å². The summed E-state index contributed by atoms with van der Waals surface area (Å²) in [6.07, 6.45) is 0. The van der Waals surface area contributed by atoms with Crippen LogP contribution in [0.1, 0.15) is 25.0 Å². The first-order chi connectivity index (χ1) is 7.09. The molecule has 0 amide bonds. The maximum Gasteiger partial charge on any atom is 0.218 e. The van der Waals surface area contributed by atoms with E-state index in [9.17, 15) is 8.42 Å². The fourth-order valence-corrected chi connectivity index (χ4v) is 2.73. The lowest BCUT2D eigenvalue weighted by atomic mass is 10.1. The summed E-state index contributed by atoms with van der Waals surface area (Å²) in [5.41, 5.74) is 2.04. The van der Waals surface area contributed by atoms with E-state index >= 15 is 0 Å². The van der Waals surface area contributed by atoms with Crippen molar-refractivity contribution >= 4 is 10.0 Å². The van der Waals surface area contributed by atoms with Gasteiger partial charge in [-0.25, -0.2) is 12.7 Å². The number of nitrogens with zero attached hydrogens (tertiary/aromatic N) is 1. The standard InChI is InChI=1S/C9H11NO2S.C2H6/c1-10-6-8-4-2-3-5-9(8)7-13(10,11)12;1-2/h2-5H,6-7H2,1H3;1-2H3. The Morgan fingerprint density at radius 1 is 1.13 bits per heavy atom. The Kier molecular flexibility index (Phi) is 3.88. The predicted molar refractivity (Wildman–Crippen MR) is 61.9 cm³/mol. The van der Waals surface area contributed by atoms with Crippen LogP contribution in [0.25, 0.3) is 0 Å². The first-order valence-electron chi connectivity index (χ1n) is 5.10. The predicted octanol–water partition coefficient (Wildman–Crippen LogP) is 1.99. The van der Waals surface area contributed by atoms with Gasteiger partial charge in [0.2, 0.25) is 10.0 Å². The minimum absolute atomic E-state index is 0.139. The molecule has 0 aliphatic carbocycles. The fourth-order valence-electron chi connectivity index (χ4n) is 1.50. The van der Waals surface area contributed by atoms with E-state index in [1.54, 1.807) is 7.05 Å². The molecule has 0 saturated carbocycles. The Hall–Kier alpha value is -0.870. The van der Waals surface area contributed by atoms with Crippen molar-refractivity contribution in [2.75, 3.05) is 7.05 Å². The number of hydrogen-bond acceptors (Lipinski definition) is 2. The molecule has 0 bridgehead atoms. The van der Waals surface area contributed by atoms with Gasteiger partial charge in [0, 0.05) is 13.6 Å². The van der Waals surface area contributed by atoms with Gasteiger partial charge < -0.3 is 0 Å². The van der Waals surface area contributed by atoms with Crippen LogP contribution in [0.5, 0.6) is 0 Å². The Balaban J connectivity index is 0.000000531. The van der Waals surface area contributed by atoms with E-state index in [0.717, 1.165) is 11.1 Å². The van der Waals surface area contributed by atoms with Crippen LogP contribution in [0.3, 0.4) is 0 Å². The highest BCUT2D eigenvalue weighted by Gasteiger charge is 2.25. The van der Waals surface area contributed by atoms with E-state index in [1.165, 1.54) is 4.31 Å². The normalized spacial score (nSPS) is 18.6.